The molecule has 0 unspecified atom stereocenters. The van der Waals surface area contributed by atoms with Crippen molar-refractivity contribution in [1.29, 1.82) is 0 Å². The van der Waals surface area contributed by atoms with E-state index in [1.807, 2.05) is 0 Å². The summed E-state index contributed by atoms with van der Waals surface area (Å²) < 4.78 is 0. The van der Waals surface area contributed by atoms with Gasteiger partial charge in [-0.15, -0.1) is 0 Å². The summed E-state index contributed by atoms with van der Waals surface area (Å²) in [5.74, 6) is 1.40. The van der Waals surface area contributed by atoms with Crippen molar-refractivity contribution in [2.24, 2.45) is 11.8 Å². The number of benzene rings is 2. The molecule has 0 saturated carbocycles. The smallest absolute Gasteiger partial charge is 0.0118 e. The largest absolute Gasteiger partial charge is 0.0798 e. The Morgan fingerprint density at radius 3 is 1.39 bits per heavy atom. The van der Waals surface area contributed by atoms with Crippen molar-refractivity contribution in [1.82, 2.24) is 0 Å². The van der Waals surface area contributed by atoms with Gasteiger partial charge in [0.15, 0.2) is 0 Å². The summed E-state index contributed by atoms with van der Waals surface area (Å²) >= 11 is 0. The fourth-order valence-electron chi connectivity index (χ4n) is 4.11. The van der Waals surface area contributed by atoms with Crippen LogP contribution in [-0.2, 0) is 0 Å². The highest BCUT2D eigenvalue weighted by molar-refractivity contribution is 5.75. The first-order valence-electron chi connectivity index (χ1n) is 8.75. The van der Waals surface area contributed by atoms with E-state index in [1.54, 1.807) is 11.1 Å². The van der Waals surface area contributed by atoms with Gasteiger partial charge >= 0.3 is 0 Å². The molecule has 2 bridgehead atoms. The molecule has 2 aromatic carbocycles. The van der Waals surface area contributed by atoms with E-state index in [9.17, 15) is 0 Å². The molecule has 0 spiro atoms. The van der Waals surface area contributed by atoms with Crippen LogP contribution in [0.3, 0.4) is 0 Å². The minimum atomic E-state index is 0.700. The lowest BCUT2D eigenvalue weighted by Crippen LogP contribution is -2.20. The number of aryl methyl sites for hydroxylation is 2. The van der Waals surface area contributed by atoms with Gasteiger partial charge in [0.25, 0.3) is 0 Å². The topological polar surface area (TPSA) is 0 Å². The quantitative estimate of drug-likeness (QED) is 0.619. The van der Waals surface area contributed by atoms with Crippen molar-refractivity contribution in [3.8, 4) is 0 Å². The number of hydrogen-bond acceptors (Lipinski definition) is 0. The van der Waals surface area contributed by atoms with Crippen LogP contribution in [0.4, 0.5) is 0 Å². The highest BCUT2D eigenvalue weighted by Gasteiger charge is 2.30. The van der Waals surface area contributed by atoms with Crippen molar-refractivity contribution in [3.63, 3.8) is 0 Å². The van der Waals surface area contributed by atoms with Gasteiger partial charge in [0.05, 0.1) is 0 Å². The molecule has 2 atom stereocenters. The number of hydrogen-bond donors (Lipinski definition) is 0. The van der Waals surface area contributed by atoms with Gasteiger partial charge in [0.2, 0.25) is 0 Å². The summed E-state index contributed by atoms with van der Waals surface area (Å²) in [4.78, 5) is 0. The van der Waals surface area contributed by atoms with Crippen LogP contribution in [0, 0.1) is 25.7 Å². The first-order valence-corrected chi connectivity index (χ1v) is 8.75. The van der Waals surface area contributed by atoms with Gasteiger partial charge in [-0.05, 0) is 67.2 Å². The van der Waals surface area contributed by atoms with Gasteiger partial charge in [-0.3, -0.25) is 0 Å². The molecule has 0 aliphatic heterocycles. The third-order valence-corrected chi connectivity index (χ3v) is 5.46. The van der Waals surface area contributed by atoms with Crippen molar-refractivity contribution in [2.75, 3.05) is 0 Å². The van der Waals surface area contributed by atoms with Gasteiger partial charge in [0.1, 0.15) is 0 Å². The molecule has 0 fully saturated rings. The summed E-state index contributed by atoms with van der Waals surface area (Å²) in [6.45, 7) is 4.32. The number of fused-ring (bicyclic) bond motifs is 2. The second kappa shape index (κ2) is 5.85. The molecule has 0 radical (unpaired) electrons. The van der Waals surface area contributed by atoms with Crippen molar-refractivity contribution < 1.29 is 0 Å². The molecular formula is C23H24. The molecule has 2 aromatic rings. The van der Waals surface area contributed by atoms with Crippen molar-refractivity contribution in [2.45, 2.75) is 33.1 Å². The Kier molecular flexibility index (Phi) is 3.69. The van der Waals surface area contributed by atoms with E-state index in [-0.39, 0.29) is 0 Å². The SMILES string of the molecule is Cc1ccc(C2=CC[C@@H]3C[C@H]2CC=C3c2ccc(C)cc2)cc1. The summed E-state index contributed by atoms with van der Waals surface area (Å²) in [7, 11) is 0. The molecule has 0 aromatic heterocycles. The monoisotopic (exact) mass is 300 g/mol. The van der Waals surface area contributed by atoms with Gasteiger partial charge in [-0.2, -0.15) is 0 Å². The minimum Gasteiger partial charge on any atom is -0.0798 e. The normalized spacial score (nSPS) is 23.2. The molecular weight excluding hydrogens is 276 g/mol. The molecule has 0 heteroatoms. The van der Waals surface area contributed by atoms with Crippen LogP contribution in [0.1, 0.15) is 41.5 Å². The maximum atomic E-state index is 2.50. The highest BCUT2D eigenvalue weighted by Crippen LogP contribution is 2.46. The van der Waals surface area contributed by atoms with Crippen LogP contribution in [0.5, 0.6) is 0 Å². The molecule has 116 valence electrons. The van der Waals surface area contributed by atoms with Crippen LogP contribution < -0.4 is 0 Å². The van der Waals surface area contributed by atoms with E-state index in [0.29, 0.717) is 11.8 Å². The van der Waals surface area contributed by atoms with Crippen LogP contribution in [0.15, 0.2) is 60.7 Å². The van der Waals surface area contributed by atoms with Crippen LogP contribution in [0.2, 0.25) is 0 Å². The fourth-order valence-corrected chi connectivity index (χ4v) is 4.11. The Hall–Kier alpha value is -2.08. The Morgan fingerprint density at radius 1 is 0.609 bits per heavy atom. The third-order valence-electron chi connectivity index (χ3n) is 5.46. The van der Waals surface area contributed by atoms with E-state index in [1.165, 1.54) is 41.5 Å². The third kappa shape index (κ3) is 2.79. The molecule has 23 heavy (non-hydrogen) atoms. The second-order valence-electron chi connectivity index (χ2n) is 7.15. The maximum Gasteiger partial charge on any atom is -0.0118 e. The molecule has 2 aliphatic rings. The molecule has 2 aliphatic carbocycles. The Balaban J connectivity index is 1.59. The minimum absolute atomic E-state index is 0.700. The van der Waals surface area contributed by atoms with Gasteiger partial charge in [0, 0.05) is 0 Å². The number of allylic oxidation sites excluding steroid dienone is 4. The summed E-state index contributed by atoms with van der Waals surface area (Å²) in [6.07, 6.45) is 8.67. The first-order chi connectivity index (χ1) is 11.2. The maximum absolute atomic E-state index is 2.50. The Labute approximate surface area is 139 Å². The lowest BCUT2D eigenvalue weighted by Gasteiger charge is -2.35. The Bertz CT molecular complexity index is 689. The summed E-state index contributed by atoms with van der Waals surface area (Å²) in [5, 5.41) is 0. The second-order valence-corrected chi connectivity index (χ2v) is 7.15. The first kappa shape index (κ1) is 14.5. The zero-order valence-corrected chi connectivity index (χ0v) is 14.0. The average Bonchev–Trinajstić information content (AvgIpc) is 2.58. The lowest BCUT2D eigenvalue weighted by atomic mass is 9.69. The Morgan fingerprint density at radius 2 is 1.00 bits per heavy atom. The van der Waals surface area contributed by atoms with Gasteiger partial charge < -0.3 is 0 Å². The fraction of sp³-hybridized carbons (Fsp3) is 0.304. The molecule has 0 N–H and O–H groups in total. The van der Waals surface area contributed by atoms with E-state index in [0.717, 1.165) is 0 Å². The van der Waals surface area contributed by atoms with Crippen molar-refractivity contribution in [3.05, 3.63) is 82.9 Å². The number of rotatable bonds is 2. The molecule has 0 amide bonds. The van der Waals surface area contributed by atoms with Crippen LogP contribution in [-0.4, -0.2) is 0 Å². The summed E-state index contributed by atoms with van der Waals surface area (Å²) in [6, 6.07) is 18.1. The van der Waals surface area contributed by atoms with E-state index < -0.39 is 0 Å². The zero-order chi connectivity index (χ0) is 15.8. The highest BCUT2D eigenvalue weighted by atomic mass is 14.3. The van der Waals surface area contributed by atoms with E-state index >= 15 is 0 Å². The van der Waals surface area contributed by atoms with Gasteiger partial charge in [-0.25, -0.2) is 0 Å². The lowest BCUT2D eigenvalue weighted by molar-refractivity contribution is 0.469. The van der Waals surface area contributed by atoms with Crippen LogP contribution in [0.25, 0.3) is 11.1 Å². The standard InChI is InChI=1S/C23H24/c1-16-3-7-18(8-4-16)22-13-11-21-15-20(22)12-14-23(21)19-9-5-17(2)6-10-19/h3-10,13-14,20-21H,11-12,15H2,1-2H3/t20-,21-/m1/s1. The predicted octanol–water partition coefficient (Wildman–Crippen LogP) is 6.20. The molecule has 4 rings (SSSR count). The predicted molar refractivity (Wildman–Crippen MR) is 99.1 cm³/mol. The zero-order valence-electron chi connectivity index (χ0n) is 14.0. The summed E-state index contributed by atoms with van der Waals surface area (Å²) in [5.41, 5.74) is 8.67. The van der Waals surface area contributed by atoms with E-state index in [2.05, 4.69) is 74.5 Å². The van der Waals surface area contributed by atoms with Crippen molar-refractivity contribution >= 4 is 11.1 Å². The van der Waals surface area contributed by atoms with E-state index in [4.69, 9.17) is 0 Å². The molecule has 0 saturated heterocycles. The average molecular weight is 300 g/mol. The molecule has 0 heterocycles. The van der Waals surface area contributed by atoms with Crippen LogP contribution >= 0.6 is 0 Å². The van der Waals surface area contributed by atoms with Gasteiger partial charge in [-0.1, -0.05) is 71.8 Å². The molecule has 0 nitrogen and oxygen atoms in total.